The molecule has 9 heteroatoms. The summed E-state index contributed by atoms with van der Waals surface area (Å²) in [6.45, 7) is 0.0412. The summed E-state index contributed by atoms with van der Waals surface area (Å²) in [5.41, 5.74) is 8.45. The van der Waals surface area contributed by atoms with E-state index in [1.54, 1.807) is 18.2 Å². The summed E-state index contributed by atoms with van der Waals surface area (Å²) < 4.78 is 37.5. The van der Waals surface area contributed by atoms with Crippen LogP contribution >= 0.6 is 0 Å². The Hall–Kier alpha value is -1.67. The fraction of sp³-hybridized carbons (Fsp3) is 0.200. The van der Waals surface area contributed by atoms with Crippen molar-refractivity contribution in [2.24, 2.45) is 5.11 Å². The zero-order chi connectivity index (χ0) is 13.9. The summed E-state index contributed by atoms with van der Waals surface area (Å²) in [6.07, 6.45) is 3.30. The Morgan fingerprint density at radius 3 is 2.74 bits per heavy atom. The highest BCUT2D eigenvalue weighted by molar-refractivity contribution is 8.01. The Morgan fingerprint density at radius 1 is 1.32 bits per heavy atom. The van der Waals surface area contributed by atoms with Crippen molar-refractivity contribution in [1.82, 2.24) is 3.71 Å². The van der Waals surface area contributed by atoms with Crippen LogP contribution in [0.25, 0.3) is 10.4 Å². The number of hydrogen-bond acceptors (Lipinski definition) is 4. The van der Waals surface area contributed by atoms with Gasteiger partial charge in [0.2, 0.25) is 0 Å². The maximum Gasteiger partial charge on any atom is 0.254 e. The number of sulfonamides is 1. The number of rotatable bonds is 3. The molecule has 0 bridgehead atoms. The van der Waals surface area contributed by atoms with Crippen LogP contribution in [0, 0.1) is 0 Å². The van der Waals surface area contributed by atoms with E-state index in [0.717, 1.165) is 3.71 Å². The molecule has 1 aliphatic rings. The first-order valence-electron chi connectivity index (χ1n) is 5.27. The Morgan fingerprint density at radius 2 is 2.05 bits per heavy atom. The van der Waals surface area contributed by atoms with Crippen LogP contribution in [0.3, 0.4) is 0 Å². The highest BCUT2D eigenvalue weighted by Crippen LogP contribution is 2.28. The molecule has 1 aromatic rings. The third-order valence-corrected chi connectivity index (χ3v) is 6.21. The summed E-state index contributed by atoms with van der Waals surface area (Å²) in [5.74, 6) is 0.156. The zero-order valence-corrected chi connectivity index (χ0v) is 11.3. The average molecular weight is 298 g/mol. The van der Waals surface area contributed by atoms with Gasteiger partial charge in [0, 0.05) is 11.5 Å². The van der Waals surface area contributed by atoms with E-state index in [9.17, 15) is 12.6 Å². The monoisotopic (exact) mass is 298 g/mol. The lowest BCUT2D eigenvalue weighted by Crippen LogP contribution is -2.36. The minimum absolute atomic E-state index is 0.00319. The second-order valence-corrected chi connectivity index (χ2v) is 7.09. The normalized spacial score (nSPS) is 19.9. The Labute approximate surface area is 112 Å². The van der Waals surface area contributed by atoms with Crippen molar-refractivity contribution < 1.29 is 12.6 Å². The molecule has 2 rings (SSSR count). The SMILES string of the molecule is [N-]=[N+]=Nc1ccccc1S(=O)(=O)N1CC=CCS1=O. The van der Waals surface area contributed by atoms with E-state index in [4.69, 9.17) is 5.53 Å². The van der Waals surface area contributed by atoms with Gasteiger partial charge in [0.1, 0.15) is 11.0 Å². The van der Waals surface area contributed by atoms with Crippen molar-refractivity contribution in [2.45, 2.75) is 4.90 Å². The van der Waals surface area contributed by atoms with Gasteiger partial charge in [-0.25, -0.2) is 12.6 Å². The van der Waals surface area contributed by atoms with Crippen LogP contribution < -0.4 is 0 Å². The fourth-order valence-corrected chi connectivity index (χ4v) is 4.74. The summed E-state index contributed by atoms with van der Waals surface area (Å²) in [7, 11) is -5.58. The molecule has 0 aromatic heterocycles. The molecule has 1 heterocycles. The van der Waals surface area contributed by atoms with Gasteiger partial charge < -0.3 is 0 Å². The van der Waals surface area contributed by atoms with E-state index < -0.39 is 21.0 Å². The van der Waals surface area contributed by atoms with Crippen LogP contribution in [-0.4, -0.2) is 28.6 Å². The van der Waals surface area contributed by atoms with E-state index in [2.05, 4.69) is 10.0 Å². The van der Waals surface area contributed by atoms with Gasteiger partial charge in [0.15, 0.2) is 0 Å². The number of azide groups is 1. The van der Waals surface area contributed by atoms with Gasteiger partial charge in [-0.1, -0.05) is 35.5 Å². The van der Waals surface area contributed by atoms with Crippen molar-refractivity contribution in [3.63, 3.8) is 0 Å². The minimum Gasteiger partial charge on any atom is -0.241 e. The molecule has 0 fully saturated rings. The first kappa shape index (κ1) is 13.8. The molecule has 19 heavy (non-hydrogen) atoms. The van der Waals surface area contributed by atoms with E-state index >= 15 is 0 Å². The van der Waals surface area contributed by atoms with Crippen molar-refractivity contribution >= 4 is 26.7 Å². The van der Waals surface area contributed by atoms with Gasteiger partial charge in [0.25, 0.3) is 10.0 Å². The highest BCUT2D eigenvalue weighted by Gasteiger charge is 2.31. The number of benzene rings is 1. The molecular formula is C10H10N4O3S2. The lowest BCUT2D eigenvalue weighted by molar-refractivity contribution is 0.543. The Kier molecular flexibility index (Phi) is 4.01. The quantitative estimate of drug-likeness (QED) is 0.368. The molecule has 0 amide bonds. The van der Waals surface area contributed by atoms with Crippen LogP contribution in [0.2, 0.25) is 0 Å². The minimum atomic E-state index is -3.95. The van der Waals surface area contributed by atoms with Crippen LogP contribution in [0.4, 0.5) is 5.69 Å². The molecule has 100 valence electrons. The maximum atomic E-state index is 12.4. The van der Waals surface area contributed by atoms with Gasteiger partial charge in [-0.05, 0) is 11.6 Å². The second-order valence-electron chi connectivity index (χ2n) is 3.61. The first-order chi connectivity index (χ1) is 9.07. The molecule has 1 unspecified atom stereocenters. The predicted molar refractivity (Wildman–Crippen MR) is 71.3 cm³/mol. The van der Waals surface area contributed by atoms with Crippen LogP contribution in [-0.2, 0) is 21.0 Å². The number of nitrogens with zero attached hydrogens (tertiary/aromatic N) is 4. The lowest BCUT2D eigenvalue weighted by atomic mass is 10.3. The first-order valence-corrected chi connectivity index (χ1v) is 7.99. The molecule has 0 saturated heterocycles. The highest BCUT2D eigenvalue weighted by atomic mass is 32.3. The van der Waals surface area contributed by atoms with Gasteiger partial charge >= 0.3 is 0 Å². The van der Waals surface area contributed by atoms with Gasteiger partial charge in [-0.15, -0.1) is 3.71 Å². The van der Waals surface area contributed by atoms with Crippen LogP contribution in [0.1, 0.15) is 0 Å². The average Bonchev–Trinajstić information content (AvgIpc) is 2.40. The van der Waals surface area contributed by atoms with Crippen molar-refractivity contribution in [2.75, 3.05) is 12.3 Å². The molecule has 1 aliphatic heterocycles. The van der Waals surface area contributed by atoms with Crippen molar-refractivity contribution in [3.8, 4) is 0 Å². The largest absolute Gasteiger partial charge is 0.254 e. The molecule has 0 spiro atoms. The van der Waals surface area contributed by atoms with E-state index in [0.29, 0.717) is 0 Å². The topological polar surface area (TPSA) is 103 Å². The summed E-state index contributed by atoms with van der Waals surface area (Å²) in [6, 6.07) is 5.81. The molecule has 0 radical (unpaired) electrons. The summed E-state index contributed by atoms with van der Waals surface area (Å²) in [4.78, 5) is 2.45. The zero-order valence-electron chi connectivity index (χ0n) is 9.71. The van der Waals surface area contributed by atoms with Crippen LogP contribution in [0.5, 0.6) is 0 Å². The van der Waals surface area contributed by atoms with Crippen LogP contribution in [0.15, 0.2) is 46.4 Å². The Balaban J connectivity index is 2.54. The molecule has 0 aliphatic carbocycles. The predicted octanol–water partition coefficient (Wildman–Crippen LogP) is 1.85. The summed E-state index contributed by atoms with van der Waals surface area (Å²) >= 11 is 0. The fourth-order valence-electron chi connectivity index (χ4n) is 1.60. The van der Waals surface area contributed by atoms with Crippen molar-refractivity contribution in [1.29, 1.82) is 0 Å². The standard InChI is InChI=1S/C10H10N4O3S2/c11-13-12-9-5-1-2-6-10(9)19(16,17)14-7-3-4-8-18(14)15/h1-6H,7-8H2. The van der Waals surface area contributed by atoms with Gasteiger partial charge in [-0.2, -0.15) is 0 Å². The molecule has 1 atom stereocenters. The molecule has 1 aromatic carbocycles. The van der Waals surface area contributed by atoms with E-state index in [1.165, 1.54) is 18.2 Å². The third-order valence-electron chi connectivity index (χ3n) is 2.45. The van der Waals surface area contributed by atoms with E-state index in [-0.39, 0.29) is 22.9 Å². The second kappa shape index (κ2) is 5.54. The van der Waals surface area contributed by atoms with Gasteiger partial charge in [0.05, 0.1) is 16.3 Å². The summed E-state index contributed by atoms with van der Waals surface area (Å²) in [5, 5.41) is 3.35. The number of hydrogen-bond donors (Lipinski definition) is 0. The molecule has 7 nitrogen and oxygen atoms in total. The lowest BCUT2D eigenvalue weighted by Gasteiger charge is -2.22. The smallest absolute Gasteiger partial charge is 0.241 e. The van der Waals surface area contributed by atoms with Gasteiger partial charge in [-0.3, -0.25) is 0 Å². The molecule has 0 saturated carbocycles. The molecule has 0 N–H and O–H groups in total. The molecular weight excluding hydrogens is 288 g/mol. The maximum absolute atomic E-state index is 12.4. The van der Waals surface area contributed by atoms with Crippen molar-refractivity contribution in [3.05, 3.63) is 46.9 Å². The van der Waals surface area contributed by atoms with E-state index in [1.807, 2.05) is 0 Å². The Bertz CT molecular complexity index is 692. The third kappa shape index (κ3) is 2.69.